The maximum absolute atomic E-state index is 12.5. The summed E-state index contributed by atoms with van der Waals surface area (Å²) in [7, 11) is -4.81. The van der Waals surface area contributed by atoms with Crippen molar-refractivity contribution in [2.24, 2.45) is 0 Å². The Labute approximate surface area is 168 Å². The highest BCUT2D eigenvalue weighted by molar-refractivity contribution is 7.80. The Kier molecular flexibility index (Phi) is 5.92. The molecule has 4 aliphatic rings. The van der Waals surface area contributed by atoms with Gasteiger partial charge in [0.25, 0.3) is 5.91 Å². The Morgan fingerprint density at radius 1 is 1.31 bits per heavy atom. The van der Waals surface area contributed by atoms with E-state index in [1.54, 1.807) is 0 Å². The largest absolute Gasteiger partial charge is 0.418 e. The van der Waals surface area contributed by atoms with Crippen LogP contribution >= 0.6 is 0 Å². The molecule has 164 valence electrons. The minimum atomic E-state index is -4.81. The lowest BCUT2D eigenvalue weighted by atomic mass is 10.0. The zero-order valence-electron chi connectivity index (χ0n) is 15.8. The van der Waals surface area contributed by atoms with Crippen molar-refractivity contribution >= 4 is 22.3 Å². The van der Waals surface area contributed by atoms with Crippen LogP contribution in [0.15, 0.2) is 0 Å². The van der Waals surface area contributed by atoms with Gasteiger partial charge in [0.2, 0.25) is 0 Å². The second-order valence-electron chi connectivity index (χ2n) is 7.74. The van der Waals surface area contributed by atoms with Crippen LogP contribution in [0.1, 0.15) is 25.7 Å². The summed E-state index contributed by atoms with van der Waals surface area (Å²) in [6.07, 6.45) is 2.74. The van der Waals surface area contributed by atoms with Crippen LogP contribution < -0.4 is 16.2 Å². The molecule has 29 heavy (non-hydrogen) atoms. The summed E-state index contributed by atoms with van der Waals surface area (Å²) in [5.74, 6) is -0.471. The van der Waals surface area contributed by atoms with E-state index in [9.17, 15) is 18.0 Å². The van der Waals surface area contributed by atoms with Crippen LogP contribution in [0.2, 0.25) is 0 Å². The number of hydrogen-bond donors (Lipinski definition) is 4. The summed E-state index contributed by atoms with van der Waals surface area (Å²) in [6.45, 7) is 3.32. The van der Waals surface area contributed by atoms with Crippen LogP contribution in [0.5, 0.6) is 0 Å². The molecule has 0 aromatic carbocycles. The lowest BCUT2D eigenvalue weighted by Gasteiger charge is -2.29. The van der Waals surface area contributed by atoms with Gasteiger partial charge in [-0.1, -0.05) is 0 Å². The van der Waals surface area contributed by atoms with E-state index in [4.69, 9.17) is 9.39 Å². The number of carbonyl (C=O) groups excluding carboxylic acids is 2. The summed E-state index contributed by atoms with van der Waals surface area (Å²) in [4.78, 5) is 31.4. The molecule has 3 amide bonds. The fourth-order valence-electron chi connectivity index (χ4n) is 4.41. The molecule has 0 aromatic rings. The standard InChI is InChI=1S/C15H26N6O7S/c22-14(18-27-9-10-6-12(7-16-10)20-5-1-4-17-20)13-3-2-11-8-19(13)15(23)21(11)28-29(24,25)26/h10-13,16-17H,1-9H2,(H,18,22)(H,24,25,26)/t10-,11-,12+,13+/m1/s1. The summed E-state index contributed by atoms with van der Waals surface area (Å²) < 4.78 is 35.0. The number of amides is 3. The molecular formula is C15H26N6O7S. The summed E-state index contributed by atoms with van der Waals surface area (Å²) in [6, 6.07) is -1.58. The van der Waals surface area contributed by atoms with E-state index in [0.29, 0.717) is 30.6 Å². The third kappa shape index (κ3) is 4.63. The smallest absolute Gasteiger partial charge is 0.310 e. The highest BCUT2D eigenvalue weighted by Gasteiger charge is 2.49. The molecular weight excluding hydrogens is 408 g/mol. The van der Waals surface area contributed by atoms with E-state index in [1.807, 2.05) is 0 Å². The number of nitrogens with zero attached hydrogens (tertiary/aromatic N) is 3. The van der Waals surface area contributed by atoms with Crippen LogP contribution in [0.3, 0.4) is 0 Å². The molecule has 0 unspecified atom stereocenters. The lowest BCUT2D eigenvalue weighted by Crippen LogP contribution is -2.50. The molecule has 2 bridgehead atoms. The topological polar surface area (TPSA) is 153 Å². The maximum Gasteiger partial charge on any atom is 0.418 e. The predicted octanol–water partition coefficient (Wildman–Crippen LogP) is -2.02. The van der Waals surface area contributed by atoms with E-state index < -0.39 is 34.4 Å². The van der Waals surface area contributed by atoms with Crippen molar-refractivity contribution in [3.05, 3.63) is 0 Å². The van der Waals surface area contributed by atoms with Crippen molar-refractivity contribution in [1.82, 2.24) is 31.2 Å². The van der Waals surface area contributed by atoms with Crippen molar-refractivity contribution in [3.63, 3.8) is 0 Å². The highest BCUT2D eigenvalue weighted by Crippen LogP contribution is 2.30. The number of carbonyl (C=O) groups is 2. The SMILES string of the molecule is O=C(NOC[C@H]1C[C@H](N2CCCN2)CN1)[C@@H]1CC[C@@H]2CN1C(=O)N2OS(=O)(=O)O. The summed E-state index contributed by atoms with van der Waals surface area (Å²) in [5, 5.41) is 6.22. The van der Waals surface area contributed by atoms with Gasteiger partial charge in [0.15, 0.2) is 0 Å². The molecule has 4 saturated heterocycles. The number of hydrogen-bond acceptors (Lipinski definition) is 9. The molecule has 13 nitrogen and oxygen atoms in total. The molecule has 0 radical (unpaired) electrons. The number of piperidine rings is 1. The first kappa shape index (κ1) is 20.7. The predicted molar refractivity (Wildman–Crippen MR) is 97.0 cm³/mol. The van der Waals surface area contributed by atoms with Crippen LogP contribution in [-0.2, 0) is 24.3 Å². The average molecular weight is 434 g/mol. The van der Waals surface area contributed by atoms with Gasteiger partial charge in [-0.2, -0.15) is 13.5 Å². The summed E-state index contributed by atoms with van der Waals surface area (Å²) in [5.41, 5.74) is 5.75. The maximum atomic E-state index is 12.5. The molecule has 4 heterocycles. The van der Waals surface area contributed by atoms with E-state index in [0.717, 1.165) is 32.5 Å². The highest BCUT2D eigenvalue weighted by atomic mass is 32.3. The fraction of sp³-hybridized carbons (Fsp3) is 0.867. The van der Waals surface area contributed by atoms with Crippen molar-refractivity contribution in [1.29, 1.82) is 0 Å². The first-order valence-electron chi connectivity index (χ1n) is 9.74. The molecule has 4 rings (SSSR count). The molecule has 0 spiro atoms. The van der Waals surface area contributed by atoms with Crippen LogP contribution in [0.4, 0.5) is 4.79 Å². The van der Waals surface area contributed by atoms with Gasteiger partial charge in [0, 0.05) is 38.3 Å². The zero-order valence-corrected chi connectivity index (χ0v) is 16.6. The average Bonchev–Trinajstić information content (AvgIpc) is 3.39. The van der Waals surface area contributed by atoms with Gasteiger partial charge in [-0.25, -0.2) is 15.3 Å². The second kappa shape index (κ2) is 8.29. The molecule has 4 atom stereocenters. The van der Waals surface area contributed by atoms with E-state index in [2.05, 4.69) is 25.5 Å². The Bertz CT molecular complexity index is 745. The number of nitrogens with one attached hydrogen (secondary N) is 3. The number of hydroxylamine groups is 3. The van der Waals surface area contributed by atoms with E-state index in [1.165, 1.54) is 4.90 Å². The van der Waals surface area contributed by atoms with Gasteiger partial charge < -0.3 is 10.2 Å². The molecule has 14 heteroatoms. The molecule has 0 aromatic heterocycles. The quantitative estimate of drug-likeness (QED) is 0.261. The van der Waals surface area contributed by atoms with Gasteiger partial charge >= 0.3 is 16.4 Å². The minimum absolute atomic E-state index is 0.116. The minimum Gasteiger partial charge on any atom is -0.310 e. The van der Waals surface area contributed by atoms with E-state index in [-0.39, 0.29) is 12.6 Å². The van der Waals surface area contributed by atoms with Gasteiger partial charge in [-0.3, -0.25) is 19.6 Å². The van der Waals surface area contributed by atoms with Crippen LogP contribution in [-0.4, -0.2) is 96.8 Å². The van der Waals surface area contributed by atoms with Crippen LogP contribution in [0, 0.1) is 0 Å². The number of hydrazine groups is 1. The molecule has 4 fully saturated rings. The zero-order chi connectivity index (χ0) is 20.6. The Hall–Kier alpha value is -1.55. The monoisotopic (exact) mass is 434 g/mol. The van der Waals surface area contributed by atoms with Gasteiger partial charge in [-0.15, -0.1) is 4.28 Å². The first-order valence-corrected chi connectivity index (χ1v) is 11.1. The van der Waals surface area contributed by atoms with E-state index >= 15 is 0 Å². The third-order valence-electron chi connectivity index (χ3n) is 5.79. The van der Waals surface area contributed by atoms with Gasteiger partial charge in [0.05, 0.1) is 12.6 Å². The molecule has 4 N–H and O–H groups in total. The number of fused-ring (bicyclic) bond motifs is 2. The molecule has 0 aliphatic carbocycles. The van der Waals surface area contributed by atoms with Crippen molar-refractivity contribution in [3.8, 4) is 0 Å². The van der Waals surface area contributed by atoms with Gasteiger partial charge in [0.1, 0.15) is 6.04 Å². The summed E-state index contributed by atoms with van der Waals surface area (Å²) >= 11 is 0. The van der Waals surface area contributed by atoms with Gasteiger partial charge in [-0.05, 0) is 25.7 Å². The number of urea groups is 1. The lowest BCUT2D eigenvalue weighted by molar-refractivity contribution is -0.139. The Morgan fingerprint density at radius 2 is 2.14 bits per heavy atom. The molecule has 0 saturated carbocycles. The molecule has 4 aliphatic heterocycles. The number of rotatable bonds is 7. The third-order valence-corrected chi connectivity index (χ3v) is 6.14. The van der Waals surface area contributed by atoms with Crippen molar-refractivity contribution in [2.75, 3.05) is 32.8 Å². The fourth-order valence-corrected chi connectivity index (χ4v) is 4.80. The first-order chi connectivity index (χ1) is 13.8. The van der Waals surface area contributed by atoms with Crippen LogP contribution in [0.25, 0.3) is 0 Å². The Morgan fingerprint density at radius 3 is 2.86 bits per heavy atom. The van der Waals surface area contributed by atoms with Crippen molar-refractivity contribution in [2.45, 2.75) is 49.9 Å². The second-order valence-corrected chi connectivity index (χ2v) is 8.74. The Balaban J connectivity index is 1.23. The normalized spacial score (nSPS) is 32.9. The van der Waals surface area contributed by atoms with Crippen molar-refractivity contribution < 1.29 is 31.7 Å².